The molecular formula is C74H138O6. The van der Waals surface area contributed by atoms with Gasteiger partial charge in [0.2, 0.25) is 0 Å². The molecular weight excluding hydrogens is 985 g/mol. The van der Waals surface area contributed by atoms with Gasteiger partial charge in [-0.15, -0.1) is 0 Å². The maximum absolute atomic E-state index is 12.9. The van der Waals surface area contributed by atoms with Gasteiger partial charge >= 0.3 is 17.9 Å². The Morgan fingerprint density at radius 3 is 0.700 bits per heavy atom. The number of ether oxygens (including phenoxy) is 3. The Kier molecular flexibility index (Phi) is 67.1. The van der Waals surface area contributed by atoms with E-state index in [0.29, 0.717) is 19.3 Å². The Balaban J connectivity index is 3.96. The molecule has 6 heteroatoms. The number of rotatable bonds is 67. The van der Waals surface area contributed by atoms with Crippen LogP contribution in [0.25, 0.3) is 0 Å². The number of allylic oxidation sites excluding steroid dienone is 6. The molecule has 0 aromatic heterocycles. The van der Waals surface area contributed by atoms with Gasteiger partial charge in [-0.25, -0.2) is 0 Å². The van der Waals surface area contributed by atoms with Crippen molar-refractivity contribution < 1.29 is 28.6 Å². The molecule has 0 saturated carbocycles. The quantitative estimate of drug-likeness (QED) is 0.0261. The molecule has 6 nitrogen and oxygen atoms in total. The van der Waals surface area contributed by atoms with Gasteiger partial charge in [0.25, 0.3) is 0 Å². The maximum atomic E-state index is 12.9. The average Bonchev–Trinajstić information content (AvgIpc) is 3.46. The number of carbonyl (C=O) groups excluding carboxylic acids is 3. The minimum atomic E-state index is -0.768. The molecule has 0 heterocycles. The number of carbonyl (C=O) groups is 3. The SMILES string of the molecule is CCCCCCC/C=C\C/C=C\CCCCCCCCCCCCCCCC(=O)OC(COC(=O)CCCCCCCC)COC(=O)CCCCCCCCCCCCCCCCCCCCC/C=C\CCCCCCCCCC. The lowest BCUT2D eigenvalue weighted by molar-refractivity contribution is -0.167. The van der Waals surface area contributed by atoms with E-state index in [0.717, 1.165) is 64.2 Å². The Hall–Kier alpha value is -2.37. The molecule has 0 aliphatic carbocycles. The van der Waals surface area contributed by atoms with Gasteiger partial charge in [-0.3, -0.25) is 14.4 Å². The second kappa shape index (κ2) is 69.1. The molecule has 0 saturated heterocycles. The van der Waals surface area contributed by atoms with Gasteiger partial charge in [-0.05, 0) is 77.0 Å². The summed E-state index contributed by atoms with van der Waals surface area (Å²) in [5.41, 5.74) is 0. The van der Waals surface area contributed by atoms with Gasteiger partial charge in [0.1, 0.15) is 13.2 Å². The first-order valence-electron chi connectivity index (χ1n) is 36.0. The Labute approximate surface area is 499 Å². The summed E-state index contributed by atoms with van der Waals surface area (Å²) in [6.45, 7) is 6.64. The first-order chi connectivity index (χ1) is 39.5. The van der Waals surface area contributed by atoms with E-state index in [1.165, 1.54) is 295 Å². The van der Waals surface area contributed by atoms with Crippen LogP contribution < -0.4 is 0 Å². The minimum absolute atomic E-state index is 0.0673. The van der Waals surface area contributed by atoms with E-state index >= 15 is 0 Å². The molecule has 0 spiro atoms. The Bertz CT molecular complexity index is 1340. The summed E-state index contributed by atoms with van der Waals surface area (Å²) in [7, 11) is 0. The van der Waals surface area contributed by atoms with E-state index in [1.807, 2.05) is 0 Å². The molecule has 0 radical (unpaired) electrons. The summed E-state index contributed by atoms with van der Waals surface area (Å²) < 4.78 is 16.9. The Morgan fingerprint density at radius 2 is 0.450 bits per heavy atom. The van der Waals surface area contributed by atoms with E-state index in [9.17, 15) is 14.4 Å². The zero-order chi connectivity index (χ0) is 57.8. The molecule has 0 aromatic rings. The van der Waals surface area contributed by atoms with Crippen molar-refractivity contribution in [3.8, 4) is 0 Å². The topological polar surface area (TPSA) is 78.9 Å². The average molecular weight is 1120 g/mol. The molecule has 0 N–H and O–H groups in total. The van der Waals surface area contributed by atoms with Crippen LogP contribution in [0.15, 0.2) is 36.5 Å². The summed E-state index contributed by atoms with van der Waals surface area (Å²) in [6, 6.07) is 0. The van der Waals surface area contributed by atoms with Crippen LogP contribution in [0.4, 0.5) is 0 Å². The van der Waals surface area contributed by atoms with Crippen molar-refractivity contribution in [2.24, 2.45) is 0 Å². The van der Waals surface area contributed by atoms with Gasteiger partial charge in [0, 0.05) is 19.3 Å². The molecule has 0 fully saturated rings. The fraction of sp³-hybridized carbons (Fsp3) is 0.878. The van der Waals surface area contributed by atoms with Gasteiger partial charge in [-0.2, -0.15) is 0 Å². The standard InChI is InChI=1S/C74H138O6/c1-4-7-10-13-16-18-20-22-24-26-28-30-32-34-35-36-37-38-39-41-42-44-46-48-50-52-54-56-58-61-64-67-73(76)79-70-71(69-78-72(75)66-63-60-15-12-9-6-3)80-74(77)68-65-62-59-57-55-53-51-49-47-45-43-40-33-31-29-27-25-23-21-19-17-14-11-8-5-2/h21,23,26-29,71H,4-20,22,24-25,30-70H2,1-3H3/b23-21-,28-26-,29-27-. The number of hydrogen-bond acceptors (Lipinski definition) is 6. The zero-order valence-corrected chi connectivity index (χ0v) is 54.1. The summed E-state index contributed by atoms with van der Waals surface area (Å²) in [5.74, 6) is -0.852. The van der Waals surface area contributed by atoms with Crippen LogP contribution in [0.5, 0.6) is 0 Å². The second-order valence-corrected chi connectivity index (χ2v) is 24.5. The normalized spacial score (nSPS) is 12.2. The highest BCUT2D eigenvalue weighted by Crippen LogP contribution is 2.18. The molecule has 0 rings (SSSR count). The van der Waals surface area contributed by atoms with E-state index in [1.54, 1.807) is 0 Å². The van der Waals surface area contributed by atoms with Crippen molar-refractivity contribution >= 4 is 17.9 Å². The van der Waals surface area contributed by atoms with Crippen molar-refractivity contribution in [2.45, 2.75) is 406 Å². The maximum Gasteiger partial charge on any atom is 0.306 e. The molecule has 1 unspecified atom stereocenters. The molecule has 1 atom stereocenters. The van der Waals surface area contributed by atoms with Crippen LogP contribution in [-0.4, -0.2) is 37.2 Å². The third-order valence-corrected chi connectivity index (χ3v) is 16.4. The molecule has 470 valence electrons. The highest BCUT2D eigenvalue weighted by molar-refractivity contribution is 5.71. The first kappa shape index (κ1) is 77.6. The zero-order valence-electron chi connectivity index (χ0n) is 54.1. The third-order valence-electron chi connectivity index (χ3n) is 16.4. The van der Waals surface area contributed by atoms with E-state index < -0.39 is 6.10 Å². The lowest BCUT2D eigenvalue weighted by Crippen LogP contribution is -2.30. The molecule has 80 heavy (non-hydrogen) atoms. The van der Waals surface area contributed by atoms with Crippen molar-refractivity contribution in [3.05, 3.63) is 36.5 Å². The fourth-order valence-corrected chi connectivity index (χ4v) is 10.9. The highest BCUT2D eigenvalue weighted by atomic mass is 16.6. The second-order valence-electron chi connectivity index (χ2n) is 24.5. The van der Waals surface area contributed by atoms with Crippen LogP contribution in [0, 0.1) is 0 Å². The highest BCUT2D eigenvalue weighted by Gasteiger charge is 2.19. The van der Waals surface area contributed by atoms with Gasteiger partial charge in [-0.1, -0.05) is 340 Å². The predicted octanol–water partition coefficient (Wildman–Crippen LogP) is 24.7. The molecule has 0 aliphatic heterocycles. The van der Waals surface area contributed by atoms with Crippen molar-refractivity contribution in [1.29, 1.82) is 0 Å². The van der Waals surface area contributed by atoms with Crippen molar-refractivity contribution in [2.75, 3.05) is 13.2 Å². The van der Waals surface area contributed by atoms with E-state index in [4.69, 9.17) is 14.2 Å². The smallest absolute Gasteiger partial charge is 0.306 e. The lowest BCUT2D eigenvalue weighted by Gasteiger charge is -2.18. The van der Waals surface area contributed by atoms with Crippen molar-refractivity contribution in [1.82, 2.24) is 0 Å². The summed E-state index contributed by atoms with van der Waals surface area (Å²) >= 11 is 0. The Morgan fingerprint density at radius 1 is 0.250 bits per heavy atom. The minimum Gasteiger partial charge on any atom is -0.462 e. The molecule has 0 bridgehead atoms. The van der Waals surface area contributed by atoms with Crippen LogP contribution in [0.2, 0.25) is 0 Å². The van der Waals surface area contributed by atoms with E-state index in [2.05, 4.69) is 57.2 Å². The monoisotopic (exact) mass is 1120 g/mol. The number of unbranched alkanes of at least 4 members (excludes halogenated alkanes) is 50. The first-order valence-corrected chi connectivity index (χ1v) is 36.0. The molecule has 0 aliphatic rings. The largest absolute Gasteiger partial charge is 0.462 e. The summed E-state index contributed by atoms with van der Waals surface area (Å²) in [6.07, 6.45) is 86.6. The van der Waals surface area contributed by atoms with Crippen LogP contribution in [0.1, 0.15) is 400 Å². The van der Waals surface area contributed by atoms with Gasteiger partial charge in [0.15, 0.2) is 6.10 Å². The van der Waals surface area contributed by atoms with E-state index in [-0.39, 0.29) is 31.1 Å². The van der Waals surface area contributed by atoms with Gasteiger partial charge < -0.3 is 14.2 Å². The predicted molar refractivity (Wildman–Crippen MR) is 349 cm³/mol. The fourth-order valence-electron chi connectivity index (χ4n) is 10.9. The number of hydrogen-bond donors (Lipinski definition) is 0. The summed E-state index contributed by atoms with van der Waals surface area (Å²) in [4.78, 5) is 38.1. The lowest BCUT2D eigenvalue weighted by atomic mass is 10.0. The van der Waals surface area contributed by atoms with Crippen molar-refractivity contribution in [3.63, 3.8) is 0 Å². The van der Waals surface area contributed by atoms with Crippen LogP contribution >= 0.6 is 0 Å². The third kappa shape index (κ3) is 66.4. The van der Waals surface area contributed by atoms with Crippen LogP contribution in [-0.2, 0) is 28.6 Å². The van der Waals surface area contributed by atoms with Crippen LogP contribution in [0.3, 0.4) is 0 Å². The molecule has 0 aromatic carbocycles. The number of esters is 3. The summed E-state index contributed by atoms with van der Waals surface area (Å²) in [5, 5.41) is 0. The molecule has 0 amide bonds. The van der Waals surface area contributed by atoms with Gasteiger partial charge in [0.05, 0.1) is 0 Å².